The summed E-state index contributed by atoms with van der Waals surface area (Å²) in [4.78, 5) is 14.6. The second-order valence-corrected chi connectivity index (χ2v) is 6.00. The number of hydrogen-bond donors (Lipinski definition) is 1. The molecule has 0 aliphatic heterocycles. The molecule has 2 aromatic rings. The molecule has 0 aliphatic rings. The summed E-state index contributed by atoms with van der Waals surface area (Å²) in [5.74, 6) is -0.618. The van der Waals surface area contributed by atoms with E-state index < -0.39 is 11.9 Å². The molecule has 0 aromatic heterocycles. The quantitative estimate of drug-likeness (QED) is 0.732. The second kappa shape index (κ2) is 9.80. The van der Waals surface area contributed by atoms with Gasteiger partial charge < -0.3 is 15.0 Å². The number of rotatable bonds is 9. The minimum atomic E-state index is -0.721. The van der Waals surface area contributed by atoms with E-state index in [1.807, 2.05) is 19.1 Å². The first-order valence-corrected chi connectivity index (χ1v) is 9.11. The number of hydrogen-bond acceptors (Lipinski definition) is 3. The van der Waals surface area contributed by atoms with E-state index in [0.717, 1.165) is 18.7 Å². The van der Waals surface area contributed by atoms with Crippen LogP contribution in [-0.4, -0.2) is 25.1 Å². The van der Waals surface area contributed by atoms with Gasteiger partial charge in [-0.1, -0.05) is 31.2 Å². The monoisotopic (exact) mass is 358 g/mol. The van der Waals surface area contributed by atoms with Crippen molar-refractivity contribution in [2.24, 2.45) is 0 Å². The molecular formula is C21H27FN2O2. The van der Waals surface area contributed by atoms with Crippen LogP contribution in [0.3, 0.4) is 0 Å². The summed E-state index contributed by atoms with van der Waals surface area (Å²) in [6.45, 7) is 8.41. The number of halogens is 1. The zero-order chi connectivity index (χ0) is 18.9. The molecule has 26 heavy (non-hydrogen) atoms. The molecule has 0 heterocycles. The molecule has 2 aromatic carbocycles. The Morgan fingerprint density at radius 1 is 1.08 bits per heavy atom. The maximum Gasteiger partial charge on any atom is 0.261 e. The maximum atomic E-state index is 13.7. The van der Waals surface area contributed by atoms with Crippen molar-refractivity contribution in [2.75, 3.05) is 18.0 Å². The number of para-hydroxylation sites is 1. The third-order valence-electron chi connectivity index (χ3n) is 4.30. The summed E-state index contributed by atoms with van der Waals surface area (Å²) in [5, 5.41) is 2.87. The summed E-state index contributed by atoms with van der Waals surface area (Å²) in [6.07, 6.45) is -0.261. The maximum absolute atomic E-state index is 13.7. The van der Waals surface area contributed by atoms with E-state index in [-0.39, 0.29) is 11.7 Å². The lowest BCUT2D eigenvalue weighted by Gasteiger charge is -2.21. The van der Waals surface area contributed by atoms with Crippen molar-refractivity contribution in [3.63, 3.8) is 0 Å². The van der Waals surface area contributed by atoms with Gasteiger partial charge in [-0.05, 0) is 50.1 Å². The first-order chi connectivity index (χ1) is 12.6. The molecule has 0 fully saturated rings. The minimum absolute atomic E-state index is 0.0954. The summed E-state index contributed by atoms with van der Waals surface area (Å²) >= 11 is 0. The topological polar surface area (TPSA) is 41.6 Å². The van der Waals surface area contributed by atoms with Crippen LogP contribution in [0.5, 0.6) is 5.75 Å². The van der Waals surface area contributed by atoms with Crippen LogP contribution < -0.4 is 15.0 Å². The molecular weight excluding hydrogens is 331 g/mol. The number of ether oxygens (including phenoxy) is 1. The van der Waals surface area contributed by atoms with Crippen molar-refractivity contribution in [3.8, 4) is 5.75 Å². The van der Waals surface area contributed by atoms with E-state index in [2.05, 4.69) is 36.2 Å². The molecule has 0 saturated carbocycles. The van der Waals surface area contributed by atoms with Gasteiger partial charge in [-0.15, -0.1) is 0 Å². The van der Waals surface area contributed by atoms with Gasteiger partial charge in [-0.2, -0.15) is 0 Å². The smallest absolute Gasteiger partial charge is 0.261 e. The van der Waals surface area contributed by atoms with Crippen molar-refractivity contribution < 1.29 is 13.9 Å². The predicted molar refractivity (Wildman–Crippen MR) is 103 cm³/mol. The van der Waals surface area contributed by atoms with Crippen molar-refractivity contribution in [1.29, 1.82) is 0 Å². The van der Waals surface area contributed by atoms with Gasteiger partial charge in [0.1, 0.15) is 0 Å². The van der Waals surface area contributed by atoms with Crippen LogP contribution in [0.1, 0.15) is 32.8 Å². The summed E-state index contributed by atoms with van der Waals surface area (Å²) < 4.78 is 19.2. The molecule has 0 saturated heterocycles. The van der Waals surface area contributed by atoms with Crippen LogP contribution in [0, 0.1) is 5.82 Å². The highest BCUT2D eigenvalue weighted by Gasteiger charge is 2.19. The second-order valence-electron chi connectivity index (χ2n) is 6.00. The fourth-order valence-electron chi connectivity index (χ4n) is 2.73. The third-order valence-corrected chi connectivity index (χ3v) is 4.30. The fourth-order valence-corrected chi connectivity index (χ4v) is 2.73. The average Bonchev–Trinajstić information content (AvgIpc) is 2.67. The largest absolute Gasteiger partial charge is 0.478 e. The number of nitrogens with zero attached hydrogens (tertiary/aromatic N) is 1. The number of anilines is 1. The first-order valence-electron chi connectivity index (χ1n) is 9.11. The Bertz CT molecular complexity index is 699. The van der Waals surface area contributed by atoms with Gasteiger partial charge in [0.25, 0.3) is 5.91 Å². The van der Waals surface area contributed by atoms with Crippen molar-refractivity contribution in [3.05, 3.63) is 59.9 Å². The zero-order valence-electron chi connectivity index (χ0n) is 15.7. The highest BCUT2D eigenvalue weighted by molar-refractivity contribution is 5.81. The molecule has 0 unspecified atom stereocenters. The molecule has 1 atom stereocenters. The molecule has 1 amide bonds. The fraction of sp³-hybridized carbons (Fsp3) is 0.381. The number of carbonyl (C=O) groups excluding carboxylic acids is 1. The lowest BCUT2D eigenvalue weighted by molar-refractivity contribution is -0.128. The Kier molecular flexibility index (Phi) is 7.45. The van der Waals surface area contributed by atoms with Crippen LogP contribution in [0.25, 0.3) is 0 Å². The van der Waals surface area contributed by atoms with E-state index in [4.69, 9.17) is 4.74 Å². The van der Waals surface area contributed by atoms with Gasteiger partial charge in [0.2, 0.25) is 0 Å². The molecule has 0 bridgehead atoms. The van der Waals surface area contributed by atoms with E-state index in [1.54, 1.807) is 12.1 Å². The standard InChI is InChI=1S/C21H27FN2O2/c1-4-19(26-20-10-8-7-9-18(20)22)21(25)23-15-16-11-13-17(14-12-16)24(5-2)6-3/h7-14,19H,4-6,15H2,1-3H3,(H,23,25)/t19-/m0/s1. The average molecular weight is 358 g/mol. The van der Waals surface area contributed by atoms with Crippen LogP contribution in [0.2, 0.25) is 0 Å². The van der Waals surface area contributed by atoms with Crippen LogP contribution in [0.4, 0.5) is 10.1 Å². The zero-order valence-corrected chi connectivity index (χ0v) is 15.7. The third kappa shape index (κ3) is 5.22. The van der Waals surface area contributed by atoms with Gasteiger partial charge in [-0.25, -0.2) is 4.39 Å². The van der Waals surface area contributed by atoms with Crippen molar-refractivity contribution >= 4 is 11.6 Å². The Balaban J connectivity index is 1.93. The van der Waals surface area contributed by atoms with Crippen molar-refractivity contribution in [1.82, 2.24) is 5.32 Å². The summed E-state index contributed by atoms with van der Waals surface area (Å²) in [7, 11) is 0. The molecule has 1 N–H and O–H groups in total. The number of benzene rings is 2. The van der Waals surface area contributed by atoms with Crippen LogP contribution in [0.15, 0.2) is 48.5 Å². The van der Waals surface area contributed by atoms with Gasteiger partial charge in [0.15, 0.2) is 17.7 Å². The first kappa shape index (κ1) is 19.8. The Morgan fingerprint density at radius 2 is 1.73 bits per heavy atom. The van der Waals surface area contributed by atoms with Crippen LogP contribution in [-0.2, 0) is 11.3 Å². The molecule has 4 nitrogen and oxygen atoms in total. The molecule has 0 spiro atoms. The number of amides is 1. The number of carbonyl (C=O) groups is 1. The Labute approximate surface area is 155 Å². The van der Waals surface area contributed by atoms with Gasteiger partial charge in [-0.3, -0.25) is 4.79 Å². The molecule has 2 rings (SSSR count). The van der Waals surface area contributed by atoms with Crippen molar-refractivity contribution in [2.45, 2.75) is 39.8 Å². The lowest BCUT2D eigenvalue weighted by atomic mass is 10.2. The Morgan fingerprint density at radius 3 is 2.31 bits per heavy atom. The van der Waals surface area contributed by atoms with E-state index in [1.165, 1.54) is 17.8 Å². The van der Waals surface area contributed by atoms with Gasteiger partial charge >= 0.3 is 0 Å². The SMILES string of the molecule is CC[C@H](Oc1ccccc1F)C(=O)NCc1ccc(N(CC)CC)cc1. The van der Waals surface area contributed by atoms with E-state index >= 15 is 0 Å². The highest BCUT2D eigenvalue weighted by Crippen LogP contribution is 2.18. The normalized spacial score (nSPS) is 11.7. The Hall–Kier alpha value is -2.56. The van der Waals surface area contributed by atoms with Gasteiger partial charge in [0, 0.05) is 25.3 Å². The van der Waals surface area contributed by atoms with Gasteiger partial charge in [0.05, 0.1) is 0 Å². The molecule has 5 heteroatoms. The number of nitrogens with one attached hydrogen (secondary N) is 1. The minimum Gasteiger partial charge on any atom is -0.478 e. The summed E-state index contributed by atoms with van der Waals surface area (Å²) in [6, 6.07) is 14.2. The summed E-state index contributed by atoms with van der Waals surface area (Å²) in [5.41, 5.74) is 2.18. The van der Waals surface area contributed by atoms with E-state index in [9.17, 15) is 9.18 Å². The predicted octanol–water partition coefficient (Wildman–Crippen LogP) is 4.15. The highest BCUT2D eigenvalue weighted by atomic mass is 19.1. The lowest BCUT2D eigenvalue weighted by Crippen LogP contribution is -2.37. The molecule has 140 valence electrons. The van der Waals surface area contributed by atoms with E-state index in [0.29, 0.717) is 13.0 Å². The molecule has 0 aliphatic carbocycles. The van der Waals surface area contributed by atoms with Crippen LogP contribution >= 0.6 is 0 Å². The molecule has 0 radical (unpaired) electrons.